The van der Waals surface area contributed by atoms with E-state index in [9.17, 15) is 0 Å². The van der Waals surface area contributed by atoms with Crippen LogP contribution in [0.5, 0.6) is 5.75 Å². The van der Waals surface area contributed by atoms with Crippen LogP contribution >= 0.6 is 11.8 Å². The molecule has 0 spiro atoms. The van der Waals surface area contributed by atoms with Crippen LogP contribution in [0.2, 0.25) is 0 Å². The number of hydrogen-bond donors (Lipinski definition) is 0. The number of pyridine rings is 1. The Morgan fingerprint density at radius 1 is 1.12 bits per heavy atom. The van der Waals surface area contributed by atoms with Gasteiger partial charge in [-0.1, -0.05) is 30.0 Å². The van der Waals surface area contributed by atoms with E-state index < -0.39 is 0 Å². The van der Waals surface area contributed by atoms with Crippen LogP contribution in [0.1, 0.15) is 24.6 Å². The van der Waals surface area contributed by atoms with Crippen LogP contribution in [-0.2, 0) is 5.75 Å². The van der Waals surface area contributed by atoms with Crippen LogP contribution in [0.3, 0.4) is 0 Å². The molecule has 6 heteroatoms. The molecule has 122 valence electrons. The van der Waals surface area contributed by atoms with Crippen LogP contribution in [0.15, 0.2) is 53.8 Å². The number of hydrogen-bond acceptors (Lipinski definition) is 5. The van der Waals surface area contributed by atoms with Crippen LogP contribution < -0.4 is 4.74 Å². The standard InChI is InChI=1S/C18H18N4OS/c1-23-16-8-3-2-7-15(16)17-20-21-18(22(17)14-9-10-14)24-12-13-6-4-5-11-19-13/h2-8,11,14H,9-10,12H2,1H3. The highest BCUT2D eigenvalue weighted by Gasteiger charge is 2.30. The summed E-state index contributed by atoms with van der Waals surface area (Å²) in [5.41, 5.74) is 2.04. The van der Waals surface area contributed by atoms with Gasteiger partial charge in [0.15, 0.2) is 11.0 Å². The van der Waals surface area contributed by atoms with Gasteiger partial charge in [0.1, 0.15) is 5.75 Å². The first-order valence-electron chi connectivity index (χ1n) is 7.98. The van der Waals surface area contributed by atoms with Crippen molar-refractivity contribution < 1.29 is 4.74 Å². The molecule has 0 bridgehead atoms. The minimum Gasteiger partial charge on any atom is -0.496 e. The highest BCUT2D eigenvalue weighted by atomic mass is 32.2. The van der Waals surface area contributed by atoms with E-state index in [1.165, 1.54) is 12.8 Å². The predicted molar refractivity (Wildman–Crippen MR) is 94.1 cm³/mol. The summed E-state index contributed by atoms with van der Waals surface area (Å²) in [7, 11) is 1.69. The van der Waals surface area contributed by atoms with Gasteiger partial charge >= 0.3 is 0 Å². The Hall–Kier alpha value is -2.34. The third kappa shape index (κ3) is 3.01. The fourth-order valence-electron chi connectivity index (χ4n) is 2.67. The van der Waals surface area contributed by atoms with Gasteiger partial charge in [-0.15, -0.1) is 10.2 Å². The molecule has 5 nitrogen and oxygen atoms in total. The Morgan fingerprint density at radius 2 is 1.96 bits per heavy atom. The zero-order valence-corrected chi connectivity index (χ0v) is 14.2. The summed E-state index contributed by atoms with van der Waals surface area (Å²) in [6.07, 6.45) is 4.18. The van der Waals surface area contributed by atoms with E-state index in [2.05, 4.69) is 19.7 Å². The quantitative estimate of drug-likeness (QED) is 0.636. The van der Waals surface area contributed by atoms with E-state index in [1.807, 2.05) is 48.7 Å². The molecule has 0 radical (unpaired) electrons. The summed E-state index contributed by atoms with van der Waals surface area (Å²) < 4.78 is 7.75. The summed E-state index contributed by atoms with van der Waals surface area (Å²) in [6, 6.07) is 14.4. The molecule has 2 heterocycles. The van der Waals surface area contributed by atoms with Crippen LogP contribution in [0.25, 0.3) is 11.4 Å². The first-order valence-corrected chi connectivity index (χ1v) is 8.96. The summed E-state index contributed by atoms with van der Waals surface area (Å²) in [5.74, 6) is 2.50. The van der Waals surface area contributed by atoms with Gasteiger partial charge in [-0.05, 0) is 37.1 Å². The van der Waals surface area contributed by atoms with E-state index in [0.717, 1.165) is 33.7 Å². The monoisotopic (exact) mass is 338 g/mol. The third-order valence-electron chi connectivity index (χ3n) is 4.00. The number of aromatic nitrogens is 4. The number of nitrogens with zero attached hydrogens (tertiary/aromatic N) is 4. The first kappa shape index (κ1) is 15.2. The topological polar surface area (TPSA) is 52.8 Å². The predicted octanol–water partition coefficient (Wildman–Crippen LogP) is 3.98. The second-order valence-corrected chi connectivity index (χ2v) is 6.66. The molecule has 0 unspecified atom stereocenters. The Balaban J connectivity index is 1.66. The zero-order chi connectivity index (χ0) is 16.4. The van der Waals surface area contributed by atoms with Crippen LogP contribution in [0.4, 0.5) is 0 Å². The maximum Gasteiger partial charge on any atom is 0.192 e. The van der Waals surface area contributed by atoms with Gasteiger partial charge in [-0.3, -0.25) is 9.55 Å². The number of thioether (sulfide) groups is 1. The van der Waals surface area contributed by atoms with Gasteiger partial charge in [0.05, 0.1) is 18.4 Å². The second kappa shape index (κ2) is 6.65. The summed E-state index contributed by atoms with van der Waals surface area (Å²) >= 11 is 1.68. The van der Waals surface area contributed by atoms with Crippen molar-refractivity contribution in [3.8, 4) is 17.1 Å². The second-order valence-electron chi connectivity index (χ2n) is 5.72. The molecule has 0 aliphatic heterocycles. The molecule has 0 N–H and O–H groups in total. The number of rotatable bonds is 6. The molecule has 3 aromatic rings. The van der Waals surface area contributed by atoms with Gasteiger partial charge in [-0.2, -0.15) is 0 Å². The van der Waals surface area contributed by atoms with Gasteiger partial charge in [0.25, 0.3) is 0 Å². The highest BCUT2D eigenvalue weighted by Crippen LogP contribution is 2.42. The van der Waals surface area contributed by atoms with Crippen LogP contribution in [0, 0.1) is 0 Å². The van der Waals surface area contributed by atoms with E-state index in [-0.39, 0.29) is 0 Å². The minimum absolute atomic E-state index is 0.492. The molecular weight excluding hydrogens is 320 g/mol. The first-order chi connectivity index (χ1) is 11.9. The molecule has 24 heavy (non-hydrogen) atoms. The Labute approximate surface area is 145 Å². The van der Waals surface area contributed by atoms with Crippen molar-refractivity contribution in [3.05, 3.63) is 54.4 Å². The maximum absolute atomic E-state index is 5.50. The van der Waals surface area contributed by atoms with Gasteiger partial charge in [0, 0.05) is 18.0 Å². The molecule has 4 rings (SSSR count). The van der Waals surface area contributed by atoms with Crippen molar-refractivity contribution in [1.82, 2.24) is 19.7 Å². The summed E-state index contributed by atoms with van der Waals surface area (Å²) in [4.78, 5) is 4.38. The summed E-state index contributed by atoms with van der Waals surface area (Å²) in [6.45, 7) is 0. The molecule has 1 aromatic carbocycles. The smallest absolute Gasteiger partial charge is 0.192 e. The normalized spacial score (nSPS) is 13.9. The Kier molecular flexibility index (Phi) is 4.21. The molecule has 1 aliphatic carbocycles. The lowest BCUT2D eigenvalue weighted by Gasteiger charge is -2.11. The maximum atomic E-state index is 5.50. The number of ether oxygens (including phenoxy) is 1. The van der Waals surface area contributed by atoms with Gasteiger partial charge in [0.2, 0.25) is 0 Å². The molecule has 1 fully saturated rings. The third-order valence-corrected chi connectivity index (χ3v) is 4.98. The van der Waals surface area contributed by atoms with Crippen molar-refractivity contribution in [3.63, 3.8) is 0 Å². The average Bonchev–Trinajstić information content (AvgIpc) is 3.40. The van der Waals surface area contributed by atoms with E-state index in [4.69, 9.17) is 4.74 Å². The van der Waals surface area contributed by atoms with E-state index >= 15 is 0 Å². The molecule has 0 amide bonds. The Morgan fingerprint density at radius 3 is 2.71 bits per heavy atom. The minimum atomic E-state index is 0.492. The Bertz CT molecular complexity index is 830. The largest absolute Gasteiger partial charge is 0.496 e. The molecule has 0 atom stereocenters. The van der Waals surface area contributed by atoms with E-state index in [1.54, 1.807) is 18.9 Å². The van der Waals surface area contributed by atoms with Gasteiger partial charge in [-0.25, -0.2) is 0 Å². The molecule has 1 saturated carbocycles. The van der Waals surface area contributed by atoms with E-state index in [0.29, 0.717) is 6.04 Å². The average molecular weight is 338 g/mol. The lowest BCUT2D eigenvalue weighted by Crippen LogP contribution is -2.01. The molecule has 1 aliphatic rings. The number of methoxy groups -OCH3 is 1. The molecular formula is C18H18N4OS. The number of para-hydroxylation sites is 1. The zero-order valence-electron chi connectivity index (χ0n) is 13.4. The number of benzene rings is 1. The SMILES string of the molecule is COc1ccccc1-c1nnc(SCc2ccccn2)n1C1CC1. The summed E-state index contributed by atoms with van der Waals surface area (Å²) in [5, 5.41) is 9.85. The fraction of sp³-hybridized carbons (Fsp3) is 0.278. The highest BCUT2D eigenvalue weighted by molar-refractivity contribution is 7.98. The molecule has 2 aromatic heterocycles. The van der Waals surface area contributed by atoms with Crippen molar-refractivity contribution >= 4 is 11.8 Å². The molecule has 0 saturated heterocycles. The van der Waals surface area contributed by atoms with Crippen molar-refractivity contribution in [2.24, 2.45) is 0 Å². The van der Waals surface area contributed by atoms with Crippen molar-refractivity contribution in [2.75, 3.05) is 7.11 Å². The lowest BCUT2D eigenvalue weighted by molar-refractivity contribution is 0.415. The van der Waals surface area contributed by atoms with Crippen LogP contribution in [-0.4, -0.2) is 26.9 Å². The van der Waals surface area contributed by atoms with Crippen molar-refractivity contribution in [1.29, 1.82) is 0 Å². The fourth-order valence-corrected chi connectivity index (χ4v) is 3.59. The lowest BCUT2D eigenvalue weighted by atomic mass is 10.2. The van der Waals surface area contributed by atoms with Crippen molar-refractivity contribution in [2.45, 2.75) is 29.8 Å². The van der Waals surface area contributed by atoms with Gasteiger partial charge < -0.3 is 4.74 Å².